The fourth-order valence-electron chi connectivity index (χ4n) is 4.32. The molecule has 8 heteroatoms. The summed E-state index contributed by atoms with van der Waals surface area (Å²) in [5.41, 5.74) is 2.25. The number of piperidine rings is 1. The fraction of sp³-hybridized carbons (Fsp3) is 0.269. The van der Waals surface area contributed by atoms with Crippen LogP contribution < -0.4 is 15.4 Å². The van der Waals surface area contributed by atoms with Crippen molar-refractivity contribution in [3.8, 4) is 0 Å². The molecule has 1 aliphatic rings. The van der Waals surface area contributed by atoms with Crippen LogP contribution in [0.2, 0.25) is 5.02 Å². The quantitative estimate of drug-likeness (QED) is 0.444. The van der Waals surface area contributed by atoms with Gasteiger partial charge in [0, 0.05) is 31.6 Å². The van der Waals surface area contributed by atoms with E-state index in [4.69, 9.17) is 11.6 Å². The van der Waals surface area contributed by atoms with Crippen LogP contribution in [0, 0.1) is 5.92 Å². The van der Waals surface area contributed by atoms with E-state index in [1.807, 2.05) is 36.4 Å². The zero-order valence-corrected chi connectivity index (χ0v) is 20.2. The Bertz CT molecular complexity index is 1170. The lowest BCUT2D eigenvalue weighted by Crippen LogP contribution is -2.52. The van der Waals surface area contributed by atoms with Crippen molar-refractivity contribution in [2.24, 2.45) is 5.92 Å². The van der Waals surface area contributed by atoms with Crippen LogP contribution in [0.1, 0.15) is 23.5 Å². The monoisotopic (exact) mass is 497 g/mol. The Balaban J connectivity index is 1.40. The van der Waals surface area contributed by atoms with Crippen molar-refractivity contribution in [3.05, 3.63) is 101 Å². The van der Waals surface area contributed by atoms with Crippen LogP contribution in [-0.4, -0.2) is 40.0 Å². The average molecular weight is 498 g/mol. The van der Waals surface area contributed by atoms with Crippen molar-refractivity contribution < 1.29 is 13.2 Å². The second-order valence-corrected chi connectivity index (χ2v) is 10.5. The zero-order chi connectivity index (χ0) is 24.0. The molecule has 1 saturated heterocycles. The highest BCUT2D eigenvalue weighted by Crippen LogP contribution is 2.25. The number of hydrogen-bond donors (Lipinski definition) is 3. The number of halogens is 1. The number of hydrogen-bond acceptors (Lipinski definition) is 4. The molecule has 3 N–H and O–H groups in total. The summed E-state index contributed by atoms with van der Waals surface area (Å²) < 4.78 is 28.3. The second-order valence-electron chi connectivity index (χ2n) is 8.46. The Morgan fingerprint density at radius 1 is 0.912 bits per heavy atom. The van der Waals surface area contributed by atoms with Gasteiger partial charge in [-0.2, -0.15) is 0 Å². The molecule has 0 spiro atoms. The maximum atomic E-state index is 13.1. The molecule has 0 radical (unpaired) electrons. The van der Waals surface area contributed by atoms with Crippen LogP contribution in [0.15, 0.2) is 89.8 Å². The number of rotatable bonds is 8. The molecular formula is C26H28ClN3O3S. The van der Waals surface area contributed by atoms with E-state index in [1.54, 1.807) is 18.2 Å². The van der Waals surface area contributed by atoms with Gasteiger partial charge in [0.1, 0.15) is 4.90 Å². The summed E-state index contributed by atoms with van der Waals surface area (Å²) in [5, 5.41) is 6.45. The molecule has 2 atom stereocenters. The van der Waals surface area contributed by atoms with Gasteiger partial charge in [-0.05, 0) is 29.7 Å². The maximum absolute atomic E-state index is 13.1. The van der Waals surface area contributed by atoms with E-state index in [2.05, 4.69) is 39.6 Å². The molecule has 1 aliphatic heterocycles. The molecule has 0 saturated carbocycles. The highest BCUT2D eigenvalue weighted by molar-refractivity contribution is 7.89. The maximum Gasteiger partial charge on any atom is 0.242 e. The number of nitrogens with one attached hydrogen (secondary N) is 3. The zero-order valence-electron chi connectivity index (χ0n) is 18.7. The minimum atomic E-state index is -3.79. The van der Waals surface area contributed by atoms with Crippen LogP contribution in [0.5, 0.6) is 0 Å². The molecule has 6 nitrogen and oxygen atoms in total. The fourth-order valence-corrected chi connectivity index (χ4v) is 6.09. The minimum absolute atomic E-state index is 0.0254. The molecule has 3 aromatic carbocycles. The Hall–Kier alpha value is -2.71. The van der Waals surface area contributed by atoms with Gasteiger partial charge < -0.3 is 10.6 Å². The molecule has 0 unspecified atom stereocenters. The van der Waals surface area contributed by atoms with Crippen molar-refractivity contribution in [1.29, 1.82) is 0 Å². The highest BCUT2D eigenvalue weighted by atomic mass is 35.5. The molecule has 1 fully saturated rings. The van der Waals surface area contributed by atoms with Gasteiger partial charge in [-0.25, -0.2) is 13.1 Å². The number of amides is 1. The summed E-state index contributed by atoms with van der Waals surface area (Å²) in [7, 11) is -3.79. The summed E-state index contributed by atoms with van der Waals surface area (Å²) in [6, 6.07) is 26.1. The molecule has 0 bridgehead atoms. The largest absolute Gasteiger partial charge is 0.355 e. The normalized spacial score (nSPS) is 18.5. The molecule has 1 amide bonds. The SMILES string of the molecule is O=C(NCC(c1ccccc1)c1ccccc1)[C@@H]1CNC[C@H](NS(=O)(=O)c2ccccc2Cl)C1. The van der Waals surface area contributed by atoms with Gasteiger partial charge in [-0.1, -0.05) is 84.4 Å². The lowest BCUT2D eigenvalue weighted by atomic mass is 9.90. The molecule has 1 heterocycles. The van der Waals surface area contributed by atoms with Crippen LogP contribution in [0.4, 0.5) is 0 Å². The van der Waals surface area contributed by atoms with Gasteiger partial charge in [0.25, 0.3) is 0 Å². The number of sulfonamides is 1. The first-order valence-electron chi connectivity index (χ1n) is 11.3. The van der Waals surface area contributed by atoms with Gasteiger partial charge in [0.2, 0.25) is 15.9 Å². The summed E-state index contributed by atoms with van der Waals surface area (Å²) in [4.78, 5) is 13.1. The summed E-state index contributed by atoms with van der Waals surface area (Å²) in [6.07, 6.45) is 0.407. The Labute approximate surface area is 205 Å². The molecule has 0 aliphatic carbocycles. The minimum Gasteiger partial charge on any atom is -0.355 e. The van der Waals surface area contributed by atoms with Crippen molar-refractivity contribution in [2.45, 2.75) is 23.3 Å². The van der Waals surface area contributed by atoms with Crippen LogP contribution >= 0.6 is 11.6 Å². The Morgan fingerprint density at radius 2 is 1.50 bits per heavy atom. The predicted molar refractivity (Wildman–Crippen MR) is 134 cm³/mol. The van der Waals surface area contributed by atoms with E-state index in [9.17, 15) is 13.2 Å². The molecule has 178 valence electrons. The van der Waals surface area contributed by atoms with E-state index >= 15 is 0 Å². The van der Waals surface area contributed by atoms with E-state index in [-0.39, 0.29) is 27.7 Å². The van der Waals surface area contributed by atoms with Crippen molar-refractivity contribution in [3.63, 3.8) is 0 Å². The first-order chi connectivity index (χ1) is 16.4. The van der Waals surface area contributed by atoms with E-state index in [0.29, 0.717) is 26.1 Å². The molecular weight excluding hydrogens is 470 g/mol. The van der Waals surface area contributed by atoms with E-state index in [0.717, 1.165) is 11.1 Å². The van der Waals surface area contributed by atoms with E-state index in [1.165, 1.54) is 6.07 Å². The topological polar surface area (TPSA) is 87.3 Å². The third kappa shape index (κ3) is 6.04. The standard InChI is InChI=1S/C26H28ClN3O3S/c27-24-13-7-8-14-25(24)34(32,33)30-22-15-21(16-28-17-22)26(31)29-18-23(19-9-3-1-4-10-19)20-11-5-2-6-12-20/h1-14,21-23,28,30H,15-18H2,(H,29,31)/t21-,22+/m0/s1. The van der Waals surface area contributed by atoms with Crippen molar-refractivity contribution >= 4 is 27.5 Å². The van der Waals surface area contributed by atoms with Gasteiger partial charge >= 0.3 is 0 Å². The lowest BCUT2D eigenvalue weighted by Gasteiger charge is -2.30. The molecule has 3 aromatic rings. The first-order valence-corrected chi connectivity index (χ1v) is 13.2. The summed E-state index contributed by atoms with van der Waals surface area (Å²) >= 11 is 6.08. The van der Waals surface area contributed by atoms with Crippen LogP contribution in [0.3, 0.4) is 0 Å². The number of carbonyl (C=O) groups is 1. The first kappa shape index (κ1) is 24.4. The van der Waals surface area contributed by atoms with E-state index < -0.39 is 16.1 Å². The van der Waals surface area contributed by atoms with Crippen LogP contribution in [0.25, 0.3) is 0 Å². The predicted octanol–water partition coefficient (Wildman–Crippen LogP) is 3.54. The number of benzene rings is 3. The summed E-state index contributed by atoms with van der Waals surface area (Å²) in [5.74, 6) is -0.414. The van der Waals surface area contributed by atoms with Crippen LogP contribution in [-0.2, 0) is 14.8 Å². The summed E-state index contributed by atoms with van der Waals surface area (Å²) in [6.45, 7) is 1.40. The van der Waals surface area contributed by atoms with Crippen molar-refractivity contribution in [2.75, 3.05) is 19.6 Å². The third-order valence-corrected chi connectivity index (χ3v) is 8.07. The molecule has 34 heavy (non-hydrogen) atoms. The smallest absolute Gasteiger partial charge is 0.242 e. The molecule has 4 rings (SSSR count). The second kappa shape index (κ2) is 11.1. The third-order valence-electron chi connectivity index (χ3n) is 6.05. The van der Waals surface area contributed by atoms with Gasteiger partial charge in [-0.15, -0.1) is 0 Å². The van der Waals surface area contributed by atoms with Gasteiger partial charge in [0.15, 0.2) is 0 Å². The van der Waals surface area contributed by atoms with Crippen molar-refractivity contribution in [1.82, 2.24) is 15.4 Å². The Morgan fingerprint density at radius 3 is 2.12 bits per heavy atom. The highest BCUT2D eigenvalue weighted by Gasteiger charge is 2.31. The van der Waals surface area contributed by atoms with Gasteiger partial charge in [0.05, 0.1) is 10.9 Å². The van der Waals surface area contributed by atoms with Gasteiger partial charge in [-0.3, -0.25) is 4.79 Å². The molecule has 0 aromatic heterocycles. The Kier molecular flexibility index (Phi) is 8.00. The lowest BCUT2D eigenvalue weighted by molar-refractivity contribution is -0.125. The number of carbonyl (C=O) groups excluding carboxylic acids is 1. The average Bonchev–Trinajstić information content (AvgIpc) is 2.85.